The molecule has 3 heterocycles. The van der Waals surface area contributed by atoms with Crippen molar-refractivity contribution in [3.8, 4) is 0 Å². The quantitative estimate of drug-likeness (QED) is 0.778. The van der Waals surface area contributed by atoms with Gasteiger partial charge < -0.3 is 14.4 Å². The second-order valence-corrected chi connectivity index (χ2v) is 5.99. The topological polar surface area (TPSA) is 109 Å². The molecule has 0 aromatic carbocycles. The van der Waals surface area contributed by atoms with E-state index in [1.165, 1.54) is 0 Å². The largest absolute Gasteiger partial charge is 0.394 e. The number of nitrogens with zero attached hydrogens (tertiary/aromatic N) is 2. The van der Waals surface area contributed by atoms with Crippen molar-refractivity contribution >= 4 is 22.9 Å². The Bertz CT molecular complexity index is 779. The first-order chi connectivity index (χ1) is 11.0. The van der Waals surface area contributed by atoms with Crippen LogP contribution in [0.5, 0.6) is 0 Å². The van der Waals surface area contributed by atoms with Crippen molar-refractivity contribution in [1.82, 2.24) is 14.5 Å². The first-order valence-electron chi connectivity index (χ1n) is 7.67. The lowest BCUT2D eigenvalue weighted by Gasteiger charge is -2.15. The average Bonchev–Trinajstić information content (AvgIpc) is 3.12. The van der Waals surface area contributed by atoms with Gasteiger partial charge in [-0.05, 0) is 18.9 Å². The van der Waals surface area contributed by atoms with Crippen molar-refractivity contribution in [2.45, 2.75) is 39.0 Å². The van der Waals surface area contributed by atoms with Crippen molar-refractivity contribution in [2.75, 3.05) is 11.9 Å². The Kier molecular flexibility index (Phi) is 4.18. The monoisotopic (exact) mass is 320 g/mol. The number of aliphatic hydroxyl groups is 1. The third kappa shape index (κ3) is 2.99. The van der Waals surface area contributed by atoms with Gasteiger partial charge in [-0.3, -0.25) is 19.9 Å². The molecule has 1 aliphatic rings. The van der Waals surface area contributed by atoms with Gasteiger partial charge in [0.15, 0.2) is 5.65 Å². The fourth-order valence-electron chi connectivity index (χ4n) is 2.62. The highest BCUT2D eigenvalue weighted by molar-refractivity contribution is 5.91. The summed E-state index contributed by atoms with van der Waals surface area (Å²) < 4.78 is 7.50. The average molecular weight is 320 g/mol. The number of fused-ring (bicyclic) bond motifs is 1. The molecule has 0 bridgehead atoms. The van der Waals surface area contributed by atoms with Gasteiger partial charge in [0, 0.05) is 12.1 Å². The minimum Gasteiger partial charge on any atom is -0.394 e. The Morgan fingerprint density at radius 1 is 1.57 bits per heavy atom. The summed E-state index contributed by atoms with van der Waals surface area (Å²) in [7, 11) is 0. The lowest BCUT2D eigenvalue weighted by molar-refractivity contribution is -0.118. The number of carbonyl (C=O) groups excluding carboxylic acids is 1. The van der Waals surface area contributed by atoms with Crippen LogP contribution in [0.4, 0.5) is 5.95 Å². The molecule has 3 rings (SSSR count). The lowest BCUT2D eigenvalue weighted by Crippen LogP contribution is -2.22. The second kappa shape index (κ2) is 6.13. The van der Waals surface area contributed by atoms with Gasteiger partial charge in [-0.1, -0.05) is 13.8 Å². The molecule has 23 heavy (non-hydrogen) atoms. The molecular weight excluding hydrogens is 300 g/mol. The number of hydrogen-bond acceptors (Lipinski definition) is 5. The summed E-state index contributed by atoms with van der Waals surface area (Å²) in [5, 5.41) is 12.2. The zero-order valence-electron chi connectivity index (χ0n) is 13.1. The summed E-state index contributed by atoms with van der Waals surface area (Å²) in [6, 6.07) is 1.67. The lowest BCUT2D eigenvalue weighted by atomic mass is 10.2. The number of carbonyl (C=O) groups is 1. The Morgan fingerprint density at radius 2 is 2.35 bits per heavy atom. The molecular formula is C15H20N4O4. The van der Waals surface area contributed by atoms with Crippen LogP contribution in [0.25, 0.3) is 11.0 Å². The molecule has 1 saturated heterocycles. The highest BCUT2D eigenvalue weighted by Gasteiger charge is 2.27. The van der Waals surface area contributed by atoms with E-state index in [1.807, 2.05) is 0 Å². The Balaban J connectivity index is 1.96. The summed E-state index contributed by atoms with van der Waals surface area (Å²) in [5.41, 5.74) is 0.140. The van der Waals surface area contributed by atoms with E-state index in [-0.39, 0.29) is 42.3 Å². The number of aromatic nitrogens is 3. The van der Waals surface area contributed by atoms with Crippen LogP contribution in [0, 0.1) is 5.92 Å². The summed E-state index contributed by atoms with van der Waals surface area (Å²) >= 11 is 0. The molecule has 124 valence electrons. The molecule has 1 amide bonds. The molecule has 1 fully saturated rings. The van der Waals surface area contributed by atoms with Crippen LogP contribution in [-0.4, -0.2) is 38.3 Å². The SMILES string of the molecule is CC(C)C(=O)Nc1nc2c(ccn2[C@H]2CC[C@@H](CO)O2)c(=O)[nH]1. The molecule has 3 N–H and O–H groups in total. The van der Waals surface area contributed by atoms with E-state index < -0.39 is 0 Å². The zero-order valence-corrected chi connectivity index (χ0v) is 13.1. The number of amides is 1. The van der Waals surface area contributed by atoms with Crippen molar-refractivity contribution in [2.24, 2.45) is 5.92 Å². The van der Waals surface area contributed by atoms with E-state index >= 15 is 0 Å². The molecule has 0 spiro atoms. The van der Waals surface area contributed by atoms with Crippen molar-refractivity contribution in [3.05, 3.63) is 22.6 Å². The number of hydrogen-bond donors (Lipinski definition) is 3. The van der Waals surface area contributed by atoms with E-state index in [9.17, 15) is 14.7 Å². The van der Waals surface area contributed by atoms with E-state index in [0.717, 1.165) is 12.8 Å². The van der Waals surface area contributed by atoms with Gasteiger partial charge in [0.05, 0.1) is 18.1 Å². The van der Waals surface area contributed by atoms with Crippen LogP contribution in [0.3, 0.4) is 0 Å². The first kappa shape index (κ1) is 15.7. The fraction of sp³-hybridized carbons (Fsp3) is 0.533. The second-order valence-electron chi connectivity index (χ2n) is 5.99. The van der Waals surface area contributed by atoms with Crippen molar-refractivity contribution in [1.29, 1.82) is 0 Å². The molecule has 2 aromatic rings. The summed E-state index contributed by atoms with van der Waals surface area (Å²) in [5.74, 6) is -0.313. The minimum absolute atomic E-state index is 0.0284. The summed E-state index contributed by atoms with van der Waals surface area (Å²) in [6.45, 7) is 3.49. The third-order valence-corrected chi connectivity index (χ3v) is 3.95. The molecule has 2 aromatic heterocycles. The fourth-order valence-corrected chi connectivity index (χ4v) is 2.62. The highest BCUT2D eigenvalue weighted by atomic mass is 16.5. The van der Waals surface area contributed by atoms with Gasteiger partial charge in [-0.25, -0.2) is 0 Å². The number of rotatable bonds is 4. The van der Waals surface area contributed by atoms with Gasteiger partial charge in [0.2, 0.25) is 11.9 Å². The highest BCUT2D eigenvalue weighted by Crippen LogP contribution is 2.30. The van der Waals surface area contributed by atoms with Crippen LogP contribution >= 0.6 is 0 Å². The van der Waals surface area contributed by atoms with Gasteiger partial charge in [0.1, 0.15) is 6.23 Å². The van der Waals surface area contributed by atoms with Crippen molar-refractivity contribution < 1.29 is 14.6 Å². The van der Waals surface area contributed by atoms with E-state index in [1.54, 1.807) is 30.7 Å². The smallest absolute Gasteiger partial charge is 0.261 e. The van der Waals surface area contributed by atoms with Crippen LogP contribution < -0.4 is 10.9 Å². The predicted molar refractivity (Wildman–Crippen MR) is 84.1 cm³/mol. The van der Waals surface area contributed by atoms with Crippen molar-refractivity contribution in [3.63, 3.8) is 0 Å². The standard InChI is InChI=1S/C15H20N4O4/c1-8(2)13(21)17-15-16-12-10(14(22)18-15)5-6-19(12)11-4-3-9(7-20)23-11/h5-6,8-9,11,20H,3-4,7H2,1-2H3,(H2,16,17,18,21,22)/t9-,11+/m0/s1. The normalized spacial score (nSPS) is 21.2. The number of aromatic amines is 1. The molecule has 0 radical (unpaired) electrons. The number of aliphatic hydroxyl groups excluding tert-OH is 1. The summed E-state index contributed by atoms with van der Waals surface area (Å²) in [6.07, 6.45) is 2.76. The molecule has 0 saturated carbocycles. The number of H-pyrrole nitrogens is 1. The first-order valence-corrected chi connectivity index (χ1v) is 7.67. The van der Waals surface area contributed by atoms with Gasteiger partial charge in [-0.2, -0.15) is 4.98 Å². The molecule has 0 unspecified atom stereocenters. The molecule has 8 heteroatoms. The maximum absolute atomic E-state index is 12.2. The Hall–Kier alpha value is -2.19. The molecule has 1 aliphatic heterocycles. The van der Waals surface area contributed by atoms with Crippen LogP contribution in [0.15, 0.2) is 17.1 Å². The van der Waals surface area contributed by atoms with Crippen LogP contribution in [0.2, 0.25) is 0 Å². The minimum atomic E-state index is -0.315. The number of nitrogens with one attached hydrogen (secondary N) is 2. The summed E-state index contributed by atoms with van der Waals surface area (Å²) in [4.78, 5) is 30.9. The van der Waals surface area contributed by atoms with E-state index in [0.29, 0.717) is 11.0 Å². The molecule has 2 atom stereocenters. The number of anilines is 1. The third-order valence-electron chi connectivity index (χ3n) is 3.95. The van der Waals surface area contributed by atoms with Gasteiger partial charge in [-0.15, -0.1) is 0 Å². The van der Waals surface area contributed by atoms with Crippen LogP contribution in [-0.2, 0) is 9.53 Å². The predicted octanol–water partition coefficient (Wildman–Crippen LogP) is 0.989. The maximum Gasteiger partial charge on any atom is 0.261 e. The van der Waals surface area contributed by atoms with Gasteiger partial charge >= 0.3 is 0 Å². The molecule has 8 nitrogen and oxygen atoms in total. The zero-order chi connectivity index (χ0) is 16.6. The molecule has 0 aliphatic carbocycles. The Labute approximate surface area is 132 Å². The van der Waals surface area contributed by atoms with Crippen LogP contribution in [0.1, 0.15) is 32.9 Å². The van der Waals surface area contributed by atoms with E-state index in [4.69, 9.17) is 4.74 Å². The van der Waals surface area contributed by atoms with E-state index in [2.05, 4.69) is 15.3 Å². The Morgan fingerprint density at radius 3 is 3.00 bits per heavy atom. The number of ether oxygens (including phenoxy) is 1. The van der Waals surface area contributed by atoms with Gasteiger partial charge in [0.25, 0.3) is 5.56 Å². The maximum atomic E-state index is 12.2.